The second-order valence-corrected chi connectivity index (χ2v) is 3.78. The number of hydrogen-bond acceptors (Lipinski definition) is 1. The van der Waals surface area contributed by atoms with Gasteiger partial charge in [-0.2, -0.15) is 0 Å². The molecule has 0 aromatic carbocycles. The second kappa shape index (κ2) is 2.41. The number of alkyl halides is 2. The largest absolute Gasteiger partial charge is 0.316 e. The Hall–Kier alpha value is -0.180. The highest BCUT2D eigenvalue weighted by Crippen LogP contribution is 2.42. The zero-order valence-electron chi connectivity index (χ0n) is 6.45. The molecule has 0 aromatic rings. The summed E-state index contributed by atoms with van der Waals surface area (Å²) in [5, 5.41) is 3.12. The lowest BCUT2D eigenvalue weighted by Gasteiger charge is -2.32. The molecule has 1 aliphatic carbocycles. The van der Waals surface area contributed by atoms with Crippen LogP contribution in [0.1, 0.15) is 19.3 Å². The van der Waals surface area contributed by atoms with E-state index in [0.29, 0.717) is 11.8 Å². The molecule has 1 aliphatic heterocycles. The summed E-state index contributed by atoms with van der Waals surface area (Å²) >= 11 is 0. The van der Waals surface area contributed by atoms with E-state index in [0.717, 1.165) is 19.5 Å². The van der Waals surface area contributed by atoms with E-state index in [9.17, 15) is 8.78 Å². The summed E-state index contributed by atoms with van der Waals surface area (Å²) in [6.45, 7) is 1.92. The fraction of sp³-hybridized carbons (Fsp3) is 1.00. The Balaban J connectivity index is 1.88. The minimum absolute atomic E-state index is 0.119. The molecule has 2 rings (SSSR count). The highest BCUT2D eigenvalue weighted by atomic mass is 19.3. The van der Waals surface area contributed by atoms with E-state index < -0.39 is 5.92 Å². The molecule has 1 heterocycles. The molecule has 2 fully saturated rings. The molecule has 0 radical (unpaired) electrons. The predicted molar refractivity (Wildman–Crippen MR) is 38.6 cm³/mol. The molecule has 0 bridgehead atoms. The van der Waals surface area contributed by atoms with Gasteiger partial charge in [0.25, 0.3) is 0 Å². The number of halogens is 2. The molecular weight excluding hydrogens is 148 g/mol. The monoisotopic (exact) mass is 161 g/mol. The van der Waals surface area contributed by atoms with Crippen LogP contribution in [0.25, 0.3) is 0 Å². The molecule has 11 heavy (non-hydrogen) atoms. The topological polar surface area (TPSA) is 12.0 Å². The minimum atomic E-state index is -2.35. The third-order valence-electron chi connectivity index (χ3n) is 2.92. The van der Waals surface area contributed by atoms with E-state index in [1.807, 2.05) is 0 Å². The summed E-state index contributed by atoms with van der Waals surface area (Å²) in [4.78, 5) is 0. The van der Waals surface area contributed by atoms with Crippen molar-refractivity contribution in [3.8, 4) is 0 Å². The zero-order chi connectivity index (χ0) is 7.90. The van der Waals surface area contributed by atoms with Crippen LogP contribution in [0, 0.1) is 11.8 Å². The van der Waals surface area contributed by atoms with Gasteiger partial charge in [-0.05, 0) is 31.3 Å². The normalized spacial score (nSPS) is 37.1. The van der Waals surface area contributed by atoms with Crippen molar-refractivity contribution in [3.05, 3.63) is 0 Å². The molecular formula is C8H13F2N. The van der Waals surface area contributed by atoms with Crippen LogP contribution in [0.2, 0.25) is 0 Å². The summed E-state index contributed by atoms with van der Waals surface area (Å²) < 4.78 is 25.4. The van der Waals surface area contributed by atoms with Crippen LogP contribution in [0.5, 0.6) is 0 Å². The quantitative estimate of drug-likeness (QED) is 0.616. The SMILES string of the molecule is FC1(F)CCC(C2CNC2)C1. The molecule has 0 aromatic heterocycles. The van der Waals surface area contributed by atoms with E-state index in [2.05, 4.69) is 5.32 Å². The first-order valence-electron chi connectivity index (χ1n) is 4.26. The Labute approximate surface area is 65.2 Å². The second-order valence-electron chi connectivity index (χ2n) is 3.78. The summed E-state index contributed by atoms with van der Waals surface area (Å²) in [6, 6.07) is 0. The van der Waals surface area contributed by atoms with Crippen LogP contribution in [0.3, 0.4) is 0 Å². The Morgan fingerprint density at radius 1 is 1.18 bits per heavy atom. The Morgan fingerprint density at radius 3 is 2.27 bits per heavy atom. The Morgan fingerprint density at radius 2 is 1.91 bits per heavy atom. The van der Waals surface area contributed by atoms with Gasteiger partial charge in [-0.15, -0.1) is 0 Å². The van der Waals surface area contributed by atoms with E-state index >= 15 is 0 Å². The Kier molecular flexibility index (Phi) is 1.63. The third-order valence-corrected chi connectivity index (χ3v) is 2.92. The maximum absolute atomic E-state index is 12.7. The molecule has 2 aliphatic rings. The van der Waals surface area contributed by atoms with Gasteiger partial charge < -0.3 is 5.32 Å². The van der Waals surface area contributed by atoms with E-state index in [4.69, 9.17) is 0 Å². The summed E-state index contributed by atoms with van der Waals surface area (Å²) in [7, 11) is 0. The first kappa shape index (κ1) is 7.47. The van der Waals surface area contributed by atoms with Gasteiger partial charge in [0.2, 0.25) is 5.92 Å². The molecule has 1 saturated carbocycles. The smallest absolute Gasteiger partial charge is 0.248 e. The standard InChI is InChI=1S/C8H13F2N/c9-8(10)2-1-6(3-8)7-4-11-5-7/h6-7,11H,1-5H2. The summed E-state index contributed by atoms with van der Waals surface area (Å²) in [6.07, 6.45) is 0.993. The Bertz CT molecular complexity index is 154. The average Bonchev–Trinajstić information content (AvgIpc) is 2.05. The molecule has 1 unspecified atom stereocenters. The molecule has 3 heteroatoms. The maximum atomic E-state index is 12.7. The van der Waals surface area contributed by atoms with Crippen LogP contribution in [-0.2, 0) is 0 Å². The third kappa shape index (κ3) is 1.39. The number of nitrogens with one attached hydrogen (secondary N) is 1. The van der Waals surface area contributed by atoms with Crippen molar-refractivity contribution in [2.24, 2.45) is 11.8 Å². The van der Waals surface area contributed by atoms with Crippen molar-refractivity contribution < 1.29 is 8.78 Å². The van der Waals surface area contributed by atoms with Crippen molar-refractivity contribution >= 4 is 0 Å². The van der Waals surface area contributed by atoms with Crippen molar-refractivity contribution in [3.63, 3.8) is 0 Å². The fourth-order valence-electron chi connectivity index (χ4n) is 2.03. The fourth-order valence-corrected chi connectivity index (χ4v) is 2.03. The van der Waals surface area contributed by atoms with E-state index in [-0.39, 0.29) is 12.8 Å². The van der Waals surface area contributed by atoms with Gasteiger partial charge >= 0.3 is 0 Å². The number of hydrogen-bond donors (Lipinski definition) is 1. The minimum Gasteiger partial charge on any atom is -0.316 e. The van der Waals surface area contributed by atoms with Gasteiger partial charge in [0, 0.05) is 12.8 Å². The van der Waals surface area contributed by atoms with E-state index in [1.165, 1.54) is 0 Å². The van der Waals surface area contributed by atoms with Gasteiger partial charge in [-0.25, -0.2) is 8.78 Å². The summed E-state index contributed by atoms with van der Waals surface area (Å²) in [5.41, 5.74) is 0. The first-order chi connectivity index (χ1) is 5.17. The van der Waals surface area contributed by atoms with Crippen LogP contribution >= 0.6 is 0 Å². The van der Waals surface area contributed by atoms with Gasteiger partial charge in [0.1, 0.15) is 0 Å². The molecule has 1 N–H and O–H groups in total. The van der Waals surface area contributed by atoms with Crippen LogP contribution in [-0.4, -0.2) is 19.0 Å². The predicted octanol–water partition coefficient (Wildman–Crippen LogP) is 1.64. The molecule has 1 atom stereocenters. The lowest BCUT2D eigenvalue weighted by molar-refractivity contribution is 0.000608. The van der Waals surface area contributed by atoms with Gasteiger partial charge in [-0.3, -0.25) is 0 Å². The lowest BCUT2D eigenvalue weighted by atomic mass is 9.86. The molecule has 0 amide bonds. The molecule has 1 saturated heterocycles. The van der Waals surface area contributed by atoms with Crippen molar-refractivity contribution in [2.75, 3.05) is 13.1 Å². The highest BCUT2D eigenvalue weighted by Gasteiger charge is 2.43. The zero-order valence-corrected chi connectivity index (χ0v) is 6.45. The molecule has 1 nitrogen and oxygen atoms in total. The van der Waals surface area contributed by atoms with Crippen molar-refractivity contribution in [2.45, 2.75) is 25.2 Å². The highest BCUT2D eigenvalue weighted by molar-refractivity contribution is 4.90. The van der Waals surface area contributed by atoms with Crippen molar-refractivity contribution in [1.29, 1.82) is 0 Å². The maximum Gasteiger partial charge on any atom is 0.248 e. The number of rotatable bonds is 1. The van der Waals surface area contributed by atoms with Crippen molar-refractivity contribution in [1.82, 2.24) is 5.32 Å². The van der Waals surface area contributed by atoms with Crippen LogP contribution < -0.4 is 5.32 Å². The van der Waals surface area contributed by atoms with Gasteiger partial charge in [0.15, 0.2) is 0 Å². The molecule has 0 spiro atoms. The first-order valence-corrected chi connectivity index (χ1v) is 4.26. The lowest BCUT2D eigenvalue weighted by Crippen LogP contribution is -2.45. The average molecular weight is 161 g/mol. The summed E-state index contributed by atoms with van der Waals surface area (Å²) in [5.74, 6) is -1.50. The van der Waals surface area contributed by atoms with Gasteiger partial charge in [-0.1, -0.05) is 0 Å². The molecule has 64 valence electrons. The van der Waals surface area contributed by atoms with Crippen LogP contribution in [0.4, 0.5) is 8.78 Å². The van der Waals surface area contributed by atoms with E-state index in [1.54, 1.807) is 0 Å². The van der Waals surface area contributed by atoms with Gasteiger partial charge in [0.05, 0.1) is 0 Å². The van der Waals surface area contributed by atoms with Crippen LogP contribution in [0.15, 0.2) is 0 Å².